The number of nitrogens with one attached hydrogen (secondary N) is 1. The van der Waals surface area contributed by atoms with Crippen LogP contribution in [0.5, 0.6) is 0 Å². The Morgan fingerprint density at radius 1 is 1.21 bits per heavy atom. The van der Waals surface area contributed by atoms with E-state index in [4.69, 9.17) is 23.2 Å². The predicted octanol–water partition coefficient (Wildman–Crippen LogP) is 3.91. The van der Waals surface area contributed by atoms with Gasteiger partial charge in [-0.1, -0.05) is 50.0 Å². The number of carbonyl (C=O) groups excluding carboxylic acids is 1. The Morgan fingerprint density at radius 2 is 1.89 bits per heavy atom. The Bertz CT molecular complexity index is 598. The normalized spacial score (nSPS) is 17.6. The number of nitrogens with zero attached hydrogens (tertiary/aromatic N) is 1. The quantitative estimate of drug-likeness (QED) is 0.785. The van der Waals surface area contributed by atoms with Crippen LogP contribution >= 0.6 is 23.2 Å². The van der Waals surface area contributed by atoms with Gasteiger partial charge >= 0.3 is 0 Å². The predicted molar refractivity (Wildman–Crippen MR) is 79.5 cm³/mol. The molecule has 0 saturated heterocycles. The largest absolute Gasteiger partial charge is 0.308 e. The molecule has 1 heterocycles. The highest BCUT2D eigenvalue weighted by molar-refractivity contribution is 6.42. The Hall–Kier alpha value is -1.32. The first kappa shape index (κ1) is 14.1. The average molecular weight is 297 g/mol. The second-order valence-electron chi connectivity index (χ2n) is 5.37. The van der Waals surface area contributed by atoms with Gasteiger partial charge in [-0.25, -0.2) is 4.99 Å². The van der Waals surface area contributed by atoms with Gasteiger partial charge in [-0.05, 0) is 23.8 Å². The average Bonchev–Trinajstić information content (AvgIpc) is 2.65. The first-order chi connectivity index (χ1) is 8.77. The number of amidine groups is 1. The van der Waals surface area contributed by atoms with Crippen molar-refractivity contribution >= 4 is 41.0 Å². The van der Waals surface area contributed by atoms with Crippen LogP contribution in [0, 0.1) is 5.41 Å². The van der Waals surface area contributed by atoms with Crippen LogP contribution < -0.4 is 5.32 Å². The van der Waals surface area contributed by atoms with Crippen molar-refractivity contribution in [3.05, 3.63) is 39.5 Å². The molecule has 0 aliphatic carbocycles. The van der Waals surface area contributed by atoms with E-state index in [0.29, 0.717) is 21.6 Å². The summed E-state index contributed by atoms with van der Waals surface area (Å²) in [5.41, 5.74) is 0.977. The van der Waals surface area contributed by atoms with Gasteiger partial charge < -0.3 is 5.32 Å². The van der Waals surface area contributed by atoms with Crippen molar-refractivity contribution in [1.82, 2.24) is 5.32 Å². The van der Waals surface area contributed by atoms with Crippen molar-refractivity contribution in [3.63, 3.8) is 0 Å². The highest BCUT2D eigenvalue weighted by Gasteiger charge is 2.28. The third-order valence-electron chi connectivity index (χ3n) is 2.65. The molecule has 100 valence electrons. The van der Waals surface area contributed by atoms with Crippen molar-refractivity contribution in [2.75, 3.05) is 0 Å². The SMILES string of the molecule is CC(C)(C)C1=N/C(=C/c2ccc(Cl)c(Cl)c2)C(=O)N1. The van der Waals surface area contributed by atoms with E-state index in [-0.39, 0.29) is 11.3 Å². The molecule has 0 radical (unpaired) electrons. The molecule has 19 heavy (non-hydrogen) atoms. The zero-order valence-corrected chi connectivity index (χ0v) is 12.4. The van der Waals surface area contributed by atoms with Crippen LogP contribution in [0.1, 0.15) is 26.3 Å². The minimum atomic E-state index is -0.198. The summed E-state index contributed by atoms with van der Waals surface area (Å²) < 4.78 is 0. The molecule has 0 spiro atoms. The van der Waals surface area contributed by atoms with E-state index in [2.05, 4.69) is 10.3 Å². The Balaban J connectivity index is 2.36. The van der Waals surface area contributed by atoms with Gasteiger partial charge in [-0.3, -0.25) is 4.79 Å². The van der Waals surface area contributed by atoms with Crippen molar-refractivity contribution in [2.45, 2.75) is 20.8 Å². The summed E-state index contributed by atoms with van der Waals surface area (Å²) in [6.07, 6.45) is 1.69. The highest BCUT2D eigenvalue weighted by atomic mass is 35.5. The first-order valence-electron chi connectivity index (χ1n) is 5.84. The van der Waals surface area contributed by atoms with E-state index in [1.54, 1.807) is 24.3 Å². The van der Waals surface area contributed by atoms with Crippen molar-refractivity contribution < 1.29 is 4.79 Å². The molecule has 1 aromatic rings. The van der Waals surface area contributed by atoms with Crippen molar-refractivity contribution in [1.29, 1.82) is 0 Å². The van der Waals surface area contributed by atoms with Crippen LogP contribution in [0.2, 0.25) is 10.0 Å². The lowest BCUT2D eigenvalue weighted by atomic mass is 9.95. The molecule has 1 N–H and O–H groups in total. The molecule has 0 fully saturated rings. The Labute approximate surface area is 122 Å². The summed E-state index contributed by atoms with van der Waals surface area (Å²) in [4.78, 5) is 16.2. The van der Waals surface area contributed by atoms with E-state index >= 15 is 0 Å². The number of aliphatic imine (C=N–C) groups is 1. The standard InChI is InChI=1S/C14H14Cl2N2O/c1-14(2,3)13-17-11(12(19)18-13)7-8-4-5-9(15)10(16)6-8/h4-7H,1-3H3,(H,17,18,19)/b11-7+. The number of rotatable bonds is 1. The zero-order valence-electron chi connectivity index (χ0n) is 10.9. The summed E-state index contributed by atoms with van der Waals surface area (Å²) >= 11 is 11.8. The van der Waals surface area contributed by atoms with E-state index in [1.807, 2.05) is 20.8 Å². The molecule has 1 aliphatic rings. The molecule has 3 nitrogen and oxygen atoms in total. The van der Waals surface area contributed by atoms with Gasteiger partial charge in [-0.15, -0.1) is 0 Å². The minimum absolute atomic E-state index is 0.192. The van der Waals surface area contributed by atoms with Gasteiger partial charge in [0.1, 0.15) is 11.5 Å². The van der Waals surface area contributed by atoms with E-state index < -0.39 is 0 Å². The topological polar surface area (TPSA) is 41.5 Å². The summed E-state index contributed by atoms with van der Waals surface area (Å²) in [6, 6.07) is 5.19. The summed E-state index contributed by atoms with van der Waals surface area (Å²) in [6.45, 7) is 5.98. The smallest absolute Gasteiger partial charge is 0.275 e. The fourth-order valence-corrected chi connectivity index (χ4v) is 1.89. The maximum atomic E-state index is 11.8. The molecule has 1 amide bonds. The van der Waals surface area contributed by atoms with Gasteiger partial charge in [0.2, 0.25) is 0 Å². The van der Waals surface area contributed by atoms with E-state index in [1.165, 1.54) is 0 Å². The number of amides is 1. The lowest BCUT2D eigenvalue weighted by Crippen LogP contribution is -2.34. The molecule has 0 aromatic heterocycles. The van der Waals surface area contributed by atoms with Gasteiger partial charge in [0.15, 0.2) is 0 Å². The zero-order chi connectivity index (χ0) is 14.2. The summed E-state index contributed by atoms with van der Waals surface area (Å²) in [5.74, 6) is 0.472. The first-order valence-corrected chi connectivity index (χ1v) is 6.60. The molecule has 0 bridgehead atoms. The van der Waals surface area contributed by atoms with Crippen LogP contribution in [0.15, 0.2) is 28.9 Å². The van der Waals surface area contributed by atoms with Crippen LogP contribution in [0.4, 0.5) is 0 Å². The number of carbonyl (C=O) groups is 1. The molecule has 1 aliphatic heterocycles. The lowest BCUT2D eigenvalue weighted by Gasteiger charge is -2.16. The summed E-state index contributed by atoms with van der Waals surface area (Å²) in [5, 5.41) is 3.71. The molecule has 5 heteroatoms. The Morgan fingerprint density at radius 3 is 2.42 bits per heavy atom. The van der Waals surface area contributed by atoms with Gasteiger partial charge in [0.05, 0.1) is 10.0 Å². The number of halogens is 2. The second-order valence-corrected chi connectivity index (χ2v) is 6.18. The van der Waals surface area contributed by atoms with Crippen LogP contribution in [0.3, 0.4) is 0 Å². The number of hydrogen-bond acceptors (Lipinski definition) is 2. The maximum Gasteiger partial charge on any atom is 0.275 e. The Kier molecular flexibility index (Phi) is 3.70. The van der Waals surface area contributed by atoms with Crippen molar-refractivity contribution in [3.8, 4) is 0 Å². The molecular formula is C14H14Cl2N2O. The minimum Gasteiger partial charge on any atom is -0.308 e. The fraction of sp³-hybridized carbons (Fsp3) is 0.286. The molecule has 0 unspecified atom stereocenters. The molecule has 0 saturated carbocycles. The van der Waals surface area contributed by atoms with Gasteiger partial charge in [0, 0.05) is 5.41 Å². The van der Waals surface area contributed by atoms with E-state index in [0.717, 1.165) is 5.56 Å². The fourth-order valence-electron chi connectivity index (χ4n) is 1.58. The second kappa shape index (κ2) is 4.99. The van der Waals surface area contributed by atoms with Crippen molar-refractivity contribution in [2.24, 2.45) is 10.4 Å². The monoisotopic (exact) mass is 296 g/mol. The number of benzene rings is 1. The van der Waals surface area contributed by atoms with Crippen LogP contribution in [0.25, 0.3) is 6.08 Å². The maximum absolute atomic E-state index is 11.8. The highest BCUT2D eigenvalue weighted by Crippen LogP contribution is 2.25. The van der Waals surface area contributed by atoms with Gasteiger partial charge in [0.25, 0.3) is 5.91 Å². The molecule has 1 aromatic carbocycles. The third kappa shape index (κ3) is 3.17. The van der Waals surface area contributed by atoms with Crippen LogP contribution in [-0.4, -0.2) is 11.7 Å². The molecular weight excluding hydrogens is 283 g/mol. The van der Waals surface area contributed by atoms with Gasteiger partial charge in [-0.2, -0.15) is 0 Å². The molecule has 2 rings (SSSR count). The summed E-state index contributed by atoms with van der Waals surface area (Å²) in [7, 11) is 0. The number of hydrogen-bond donors (Lipinski definition) is 1. The van der Waals surface area contributed by atoms with Crippen LogP contribution in [-0.2, 0) is 4.79 Å². The third-order valence-corrected chi connectivity index (χ3v) is 3.39. The molecule has 0 atom stereocenters. The van der Waals surface area contributed by atoms with E-state index in [9.17, 15) is 4.79 Å². The lowest BCUT2D eigenvalue weighted by molar-refractivity contribution is -0.115.